The molecule has 0 unspecified atom stereocenters. The van der Waals surface area contributed by atoms with E-state index in [4.69, 9.17) is 22.2 Å². The van der Waals surface area contributed by atoms with E-state index in [9.17, 15) is 0 Å². The highest BCUT2D eigenvalue weighted by atomic mass is 35.5. The number of hydrogen-bond acceptors (Lipinski definition) is 2. The second-order valence-electron chi connectivity index (χ2n) is 4.14. The predicted molar refractivity (Wildman–Crippen MR) is 78.0 cm³/mol. The first-order valence-corrected chi connectivity index (χ1v) is 6.34. The van der Waals surface area contributed by atoms with Crippen molar-refractivity contribution in [2.24, 2.45) is 10.9 Å². The Morgan fingerprint density at radius 2 is 1.68 bits per heavy atom. The van der Waals surface area contributed by atoms with Gasteiger partial charge in [-0.2, -0.15) is 0 Å². The van der Waals surface area contributed by atoms with Gasteiger partial charge in [-0.25, -0.2) is 0 Å². The van der Waals surface area contributed by atoms with Gasteiger partial charge in [0, 0.05) is 11.4 Å². The largest absolute Gasteiger partial charge is 0.390 e. The molecule has 2 N–H and O–H groups in total. The summed E-state index contributed by atoms with van der Waals surface area (Å²) in [5, 5.41) is 4.60. The van der Waals surface area contributed by atoms with Crippen molar-refractivity contribution in [2.45, 2.75) is 13.0 Å². The number of rotatable bonds is 5. The van der Waals surface area contributed by atoms with Crippen molar-refractivity contribution in [3.63, 3.8) is 0 Å². The van der Waals surface area contributed by atoms with Crippen LogP contribution in [0.2, 0.25) is 5.02 Å². The van der Waals surface area contributed by atoms with Gasteiger partial charge >= 0.3 is 0 Å². The molecule has 0 atom stereocenters. The SMILES string of the molecule is N/C(Cc1ccccc1)=N\OCc1ccc(Cl)cc1. The van der Waals surface area contributed by atoms with Crippen LogP contribution in [0.1, 0.15) is 11.1 Å². The molecule has 0 aliphatic rings. The van der Waals surface area contributed by atoms with E-state index >= 15 is 0 Å². The first-order valence-electron chi connectivity index (χ1n) is 5.97. The van der Waals surface area contributed by atoms with Crippen LogP contribution in [-0.2, 0) is 17.9 Å². The van der Waals surface area contributed by atoms with E-state index in [1.54, 1.807) is 0 Å². The van der Waals surface area contributed by atoms with E-state index in [0.717, 1.165) is 11.1 Å². The molecule has 2 rings (SSSR count). The Morgan fingerprint density at radius 3 is 2.37 bits per heavy atom. The molecule has 3 nitrogen and oxygen atoms in total. The van der Waals surface area contributed by atoms with Crippen molar-refractivity contribution in [1.29, 1.82) is 0 Å². The Bertz CT molecular complexity index is 538. The Kier molecular flexibility index (Phi) is 4.81. The van der Waals surface area contributed by atoms with Gasteiger partial charge in [-0.1, -0.05) is 59.2 Å². The molecule has 0 aromatic heterocycles. The molecule has 0 saturated carbocycles. The van der Waals surface area contributed by atoms with Gasteiger partial charge in [-0.3, -0.25) is 0 Å². The molecule has 0 bridgehead atoms. The summed E-state index contributed by atoms with van der Waals surface area (Å²) in [6.45, 7) is 0.382. The number of halogens is 1. The van der Waals surface area contributed by atoms with Crippen molar-refractivity contribution < 1.29 is 4.84 Å². The second kappa shape index (κ2) is 6.81. The normalized spacial score (nSPS) is 11.3. The molecular formula is C15H15ClN2O. The smallest absolute Gasteiger partial charge is 0.143 e. The minimum absolute atomic E-state index is 0.382. The van der Waals surface area contributed by atoms with Crippen LogP contribution in [0.15, 0.2) is 59.8 Å². The average Bonchev–Trinajstić information content (AvgIpc) is 2.42. The summed E-state index contributed by atoms with van der Waals surface area (Å²) in [6, 6.07) is 17.3. The van der Waals surface area contributed by atoms with Crippen molar-refractivity contribution in [3.8, 4) is 0 Å². The molecule has 19 heavy (non-hydrogen) atoms. The molecule has 0 spiro atoms. The first-order chi connectivity index (χ1) is 9.24. The molecule has 2 aromatic carbocycles. The summed E-state index contributed by atoms with van der Waals surface area (Å²) in [6.07, 6.45) is 0.585. The lowest BCUT2D eigenvalue weighted by Gasteiger charge is -2.03. The highest BCUT2D eigenvalue weighted by molar-refractivity contribution is 6.30. The van der Waals surface area contributed by atoms with Gasteiger partial charge in [-0.05, 0) is 23.3 Å². The molecule has 0 radical (unpaired) electrons. The number of nitrogens with zero attached hydrogens (tertiary/aromatic N) is 1. The van der Waals surface area contributed by atoms with Gasteiger partial charge in [-0.15, -0.1) is 0 Å². The monoisotopic (exact) mass is 274 g/mol. The Balaban J connectivity index is 1.83. The lowest BCUT2D eigenvalue weighted by molar-refractivity contribution is 0.129. The summed E-state index contributed by atoms with van der Waals surface area (Å²) < 4.78 is 0. The third-order valence-electron chi connectivity index (χ3n) is 2.55. The maximum Gasteiger partial charge on any atom is 0.143 e. The maximum atomic E-state index is 5.80. The zero-order valence-electron chi connectivity index (χ0n) is 10.4. The van der Waals surface area contributed by atoms with E-state index in [1.165, 1.54) is 0 Å². The quantitative estimate of drug-likeness (QED) is 0.516. The predicted octanol–water partition coefficient (Wildman–Crippen LogP) is 3.37. The number of hydrogen-bond donors (Lipinski definition) is 1. The third kappa shape index (κ3) is 4.64. The second-order valence-corrected chi connectivity index (χ2v) is 4.58. The van der Waals surface area contributed by atoms with Crippen LogP contribution in [-0.4, -0.2) is 5.84 Å². The lowest BCUT2D eigenvalue weighted by Crippen LogP contribution is -2.15. The Morgan fingerprint density at radius 1 is 1.00 bits per heavy atom. The van der Waals surface area contributed by atoms with Crippen LogP contribution in [0.5, 0.6) is 0 Å². The topological polar surface area (TPSA) is 47.6 Å². The summed E-state index contributed by atoms with van der Waals surface area (Å²) in [7, 11) is 0. The molecule has 0 amide bonds. The zero-order valence-corrected chi connectivity index (χ0v) is 11.2. The summed E-state index contributed by atoms with van der Waals surface area (Å²) in [4.78, 5) is 5.21. The molecule has 0 aliphatic heterocycles. The number of nitrogens with two attached hydrogens (primary N) is 1. The van der Waals surface area contributed by atoms with Crippen molar-refractivity contribution in [2.75, 3.05) is 0 Å². The molecule has 0 saturated heterocycles. The maximum absolute atomic E-state index is 5.80. The van der Waals surface area contributed by atoms with Crippen LogP contribution in [0, 0.1) is 0 Å². The van der Waals surface area contributed by atoms with Crippen molar-refractivity contribution in [3.05, 3.63) is 70.7 Å². The van der Waals surface area contributed by atoms with Crippen LogP contribution in [0.3, 0.4) is 0 Å². The third-order valence-corrected chi connectivity index (χ3v) is 2.81. The molecule has 0 heterocycles. The fourth-order valence-corrected chi connectivity index (χ4v) is 1.73. The van der Waals surface area contributed by atoms with E-state index in [1.807, 2.05) is 54.6 Å². The number of amidine groups is 1. The van der Waals surface area contributed by atoms with Gasteiger partial charge < -0.3 is 10.6 Å². The highest BCUT2D eigenvalue weighted by Crippen LogP contribution is 2.10. The Labute approximate surface area is 117 Å². The van der Waals surface area contributed by atoms with Crippen LogP contribution in [0.4, 0.5) is 0 Å². The van der Waals surface area contributed by atoms with E-state index in [0.29, 0.717) is 23.9 Å². The molecular weight excluding hydrogens is 260 g/mol. The van der Waals surface area contributed by atoms with Gasteiger partial charge in [0.25, 0.3) is 0 Å². The minimum Gasteiger partial charge on any atom is -0.390 e. The number of oxime groups is 1. The fraction of sp³-hybridized carbons (Fsp3) is 0.133. The number of benzene rings is 2. The highest BCUT2D eigenvalue weighted by Gasteiger charge is 1.97. The molecule has 0 aliphatic carbocycles. The molecule has 4 heteroatoms. The van der Waals surface area contributed by atoms with Crippen LogP contribution >= 0.6 is 11.6 Å². The van der Waals surface area contributed by atoms with E-state index in [2.05, 4.69) is 5.16 Å². The average molecular weight is 275 g/mol. The van der Waals surface area contributed by atoms with E-state index in [-0.39, 0.29) is 0 Å². The summed E-state index contributed by atoms with van der Waals surface area (Å²) in [5.74, 6) is 0.458. The minimum atomic E-state index is 0.382. The first kappa shape index (κ1) is 13.4. The van der Waals surface area contributed by atoms with Crippen LogP contribution in [0.25, 0.3) is 0 Å². The molecule has 0 fully saturated rings. The van der Waals surface area contributed by atoms with Gasteiger partial charge in [0.05, 0.1) is 0 Å². The van der Waals surface area contributed by atoms with Gasteiger partial charge in [0.2, 0.25) is 0 Å². The molecule has 2 aromatic rings. The van der Waals surface area contributed by atoms with E-state index < -0.39 is 0 Å². The zero-order chi connectivity index (χ0) is 13.5. The summed E-state index contributed by atoms with van der Waals surface area (Å²) >= 11 is 5.80. The van der Waals surface area contributed by atoms with Gasteiger partial charge in [0.15, 0.2) is 0 Å². The van der Waals surface area contributed by atoms with Crippen molar-refractivity contribution in [1.82, 2.24) is 0 Å². The van der Waals surface area contributed by atoms with Gasteiger partial charge in [0.1, 0.15) is 12.4 Å². The lowest BCUT2D eigenvalue weighted by atomic mass is 10.1. The van der Waals surface area contributed by atoms with Crippen LogP contribution < -0.4 is 5.73 Å². The molecule has 98 valence electrons. The fourth-order valence-electron chi connectivity index (χ4n) is 1.61. The van der Waals surface area contributed by atoms with Crippen molar-refractivity contribution >= 4 is 17.4 Å². The Hall–Kier alpha value is -2.00. The summed E-state index contributed by atoms with van der Waals surface area (Å²) in [5.41, 5.74) is 7.91. The standard InChI is InChI=1S/C15H15ClN2O/c16-14-8-6-13(7-9-14)11-19-18-15(17)10-12-4-2-1-3-5-12/h1-9H,10-11H2,(H2,17,18).